The summed E-state index contributed by atoms with van der Waals surface area (Å²) in [6, 6.07) is 10.4. The van der Waals surface area contributed by atoms with Gasteiger partial charge in [0.25, 0.3) is 5.91 Å². The molecule has 2 N–H and O–H groups in total. The van der Waals surface area contributed by atoms with Gasteiger partial charge in [-0.15, -0.1) is 0 Å². The average molecular weight is 355 g/mol. The number of nitrogens with zero attached hydrogens (tertiary/aromatic N) is 1. The fourth-order valence-electron chi connectivity index (χ4n) is 1.60. The summed E-state index contributed by atoms with van der Waals surface area (Å²) < 4.78 is 37.2. The molecule has 0 fully saturated rings. The molecule has 1 aromatic carbocycles. The minimum atomic E-state index is -4.45. The molecule has 0 unspecified atom stereocenters. The zero-order chi connectivity index (χ0) is 17.6. The van der Waals surface area contributed by atoms with Gasteiger partial charge in [0.1, 0.15) is 0 Å². The maximum Gasteiger partial charge on any atom is 0.417 e. The van der Waals surface area contributed by atoms with Crippen LogP contribution in [0.4, 0.5) is 13.2 Å². The highest BCUT2D eigenvalue weighted by atomic mass is 32.2. The standard InChI is InChI=1S/C15H12F3N3O2S/c16-15(17,18)11-6-7-13(19-8-11)24-9-12(22)20-21-14(23)10-4-2-1-3-5-10/h1-8H,9H2,(H,20,22)(H,21,23). The minimum absolute atomic E-state index is 0.104. The number of hydrogen-bond acceptors (Lipinski definition) is 4. The maximum absolute atomic E-state index is 12.4. The van der Waals surface area contributed by atoms with Gasteiger partial charge in [-0.1, -0.05) is 30.0 Å². The summed E-state index contributed by atoms with van der Waals surface area (Å²) in [7, 11) is 0. The summed E-state index contributed by atoms with van der Waals surface area (Å²) in [6.07, 6.45) is -3.74. The quantitative estimate of drug-likeness (QED) is 0.653. The lowest BCUT2D eigenvalue weighted by Crippen LogP contribution is -2.42. The van der Waals surface area contributed by atoms with Crippen molar-refractivity contribution in [2.45, 2.75) is 11.2 Å². The Morgan fingerprint density at radius 2 is 1.75 bits per heavy atom. The minimum Gasteiger partial charge on any atom is -0.272 e. The van der Waals surface area contributed by atoms with Gasteiger partial charge in [-0.3, -0.25) is 20.4 Å². The third kappa shape index (κ3) is 5.27. The molecular formula is C15H12F3N3O2S. The third-order valence-corrected chi connectivity index (χ3v) is 3.71. The first-order chi connectivity index (χ1) is 11.4. The van der Waals surface area contributed by atoms with E-state index in [0.29, 0.717) is 11.8 Å². The Bertz CT molecular complexity index is 706. The topological polar surface area (TPSA) is 71.1 Å². The highest BCUT2D eigenvalue weighted by molar-refractivity contribution is 7.99. The normalized spacial score (nSPS) is 11.0. The fourth-order valence-corrected chi connectivity index (χ4v) is 2.24. The van der Waals surface area contributed by atoms with E-state index in [4.69, 9.17) is 0 Å². The molecule has 0 saturated heterocycles. The van der Waals surface area contributed by atoms with Crippen LogP contribution in [0, 0.1) is 0 Å². The summed E-state index contributed by atoms with van der Waals surface area (Å²) in [5.74, 6) is -1.08. The Labute approximate surface area is 139 Å². The molecule has 2 amide bonds. The van der Waals surface area contributed by atoms with Gasteiger partial charge in [0.2, 0.25) is 5.91 Å². The number of carbonyl (C=O) groups is 2. The van der Waals surface area contributed by atoms with Crippen molar-refractivity contribution < 1.29 is 22.8 Å². The number of aromatic nitrogens is 1. The van der Waals surface area contributed by atoms with Crippen LogP contribution >= 0.6 is 11.8 Å². The fraction of sp³-hybridized carbons (Fsp3) is 0.133. The second-order valence-electron chi connectivity index (χ2n) is 4.54. The van der Waals surface area contributed by atoms with E-state index in [2.05, 4.69) is 15.8 Å². The van der Waals surface area contributed by atoms with Gasteiger partial charge in [0.15, 0.2) is 0 Å². The van der Waals surface area contributed by atoms with E-state index in [1.807, 2.05) is 0 Å². The van der Waals surface area contributed by atoms with Gasteiger partial charge in [-0.25, -0.2) is 4.98 Å². The number of benzene rings is 1. The number of rotatable bonds is 4. The highest BCUT2D eigenvalue weighted by Gasteiger charge is 2.30. The predicted molar refractivity (Wildman–Crippen MR) is 82.0 cm³/mol. The number of amides is 2. The van der Waals surface area contributed by atoms with E-state index in [9.17, 15) is 22.8 Å². The molecule has 0 radical (unpaired) electrons. The van der Waals surface area contributed by atoms with Gasteiger partial charge in [0, 0.05) is 11.8 Å². The number of pyridine rings is 1. The van der Waals surface area contributed by atoms with Crippen LogP contribution in [0.25, 0.3) is 0 Å². The zero-order valence-electron chi connectivity index (χ0n) is 12.1. The number of halogens is 3. The van der Waals surface area contributed by atoms with E-state index >= 15 is 0 Å². The van der Waals surface area contributed by atoms with E-state index in [1.54, 1.807) is 30.3 Å². The summed E-state index contributed by atoms with van der Waals surface area (Å²) in [5.41, 5.74) is 3.99. The lowest BCUT2D eigenvalue weighted by molar-refractivity contribution is -0.137. The molecule has 2 rings (SSSR count). The molecule has 9 heteroatoms. The average Bonchev–Trinajstić information content (AvgIpc) is 2.58. The number of carbonyl (C=O) groups excluding carboxylic acids is 2. The molecule has 1 aromatic heterocycles. The molecule has 0 spiro atoms. The van der Waals surface area contributed by atoms with Crippen molar-refractivity contribution in [1.82, 2.24) is 15.8 Å². The van der Waals surface area contributed by atoms with Crippen molar-refractivity contribution in [1.29, 1.82) is 0 Å². The Kier molecular flexibility index (Phi) is 5.80. The molecule has 0 saturated carbocycles. The highest BCUT2D eigenvalue weighted by Crippen LogP contribution is 2.29. The molecule has 0 aliphatic carbocycles. The summed E-state index contributed by atoms with van der Waals surface area (Å²) in [6.45, 7) is 0. The molecule has 1 heterocycles. The van der Waals surface area contributed by atoms with Gasteiger partial charge >= 0.3 is 6.18 Å². The smallest absolute Gasteiger partial charge is 0.272 e. The molecule has 2 aromatic rings. The Balaban J connectivity index is 1.78. The van der Waals surface area contributed by atoms with Gasteiger partial charge in [0.05, 0.1) is 16.3 Å². The van der Waals surface area contributed by atoms with Crippen molar-refractivity contribution in [2.75, 3.05) is 5.75 Å². The monoisotopic (exact) mass is 355 g/mol. The largest absolute Gasteiger partial charge is 0.417 e. The van der Waals surface area contributed by atoms with Crippen molar-refractivity contribution >= 4 is 23.6 Å². The van der Waals surface area contributed by atoms with Gasteiger partial charge in [-0.05, 0) is 24.3 Å². The second-order valence-corrected chi connectivity index (χ2v) is 5.54. The first-order valence-electron chi connectivity index (χ1n) is 6.66. The Morgan fingerprint density at radius 1 is 1.04 bits per heavy atom. The molecule has 0 aliphatic heterocycles. The van der Waals surface area contributed by atoms with Crippen molar-refractivity contribution in [2.24, 2.45) is 0 Å². The molecule has 126 valence electrons. The summed E-state index contributed by atoms with van der Waals surface area (Å²) in [4.78, 5) is 27.0. The van der Waals surface area contributed by atoms with Crippen LogP contribution in [-0.2, 0) is 11.0 Å². The first-order valence-corrected chi connectivity index (χ1v) is 7.65. The molecule has 5 nitrogen and oxygen atoms in total. The molecule has 0 bridgehead atoms. The molecule has 0 atom stereocenters. The van der Waals surface area contributed by atoms with E-state index in [0.717, 1.165) is 17.8 Å². The van der Waals surface area contributed by atoms with Crippen molar-refractivity contribution in [3.05, 3.63) is 59.8 Å². The maximum atomic E-state index is 12.4. The predicted octanol–water partition coefficient (Wildman–Crippen LogP) is 2.65. The Morgan fingerprint density at radius 3 is 2.33 bits per heavy atom. The number of hydrogen-bond donors (Lipinski definition) is 2. The van der Waals surface area contributed by atoms with E-state index < -0.39 is 23.6 Å². The van der Waals surface area contributed by atoms with Crippen LogP contribution < -0.4 is 10.9 Å². The zero-order valence-corrected chi connectivity index (χ0v) is 12.9. The molecule has 0 aliphatic rings. The third-order valence-electron chi connectivity index (χ3n) is 2.77. The first kappa shape index (κ1) is 17.8. The van der Waals surface area contributed by atoms with Crippen LogP contribution in [0.15, 0.2) is 53.7 Å². The number of hydrazine groups is 1. The number of nitrogens with one attached hydrogen (secondary N) is 2. The van der Waals surface area contributed by atoms with E-state index in [-0.39, 0.29) is 10.8 Å². The van der Waals surface area contributed by atoms with Gasteiger partial charge < -0.3 is 0 Å². The van der Waals surface area contributed by atoms with Crippen LogP contribution in [0.3, 0.4) is 0 Å². The summed E-state index contributed by atoms with van der Waals surface area (Å²) in [5, 5.41) is 0.271. The Hall–Kier alpha value is -2.55. The van der Waals surface area contributed by atoms with Gasteiger partial charge in [-0.2, -0.15) is 13.2 Å². The van der Waals surface area contributed by atoms with Crippen molar-refractivity contribution in [3.63, 3.8) is 0 Å². The van der Waals surface area contributed by atoms with Crippen molar-refractivity contribution in [3.8, 4) is 0 Å². The number of thioether (sulfide) groups is 1. The van der Waals surface area contributed by atoms with Crippen LogP contribution in [-0.4, -0.2) is 22.6 Å². The second kappa shape index (κ2) is 7.82. The van der Waals surface area contributed by atoms with Crippen LogP contribution in [0.1, 0.15) is 15.9 Å². The molecule has 24 heavy (non-hydrogen) atoms. The van der Waals surface area contributed by atoms with E-state index in [1.165, 1.54) is 6.07 Å². The lowest BCUT2D eigenvalue weighted by Gasteiger charge is -2.08. The van der Waals surface area contributed by atoms with Crippen LogP contribution in [0.5, 0.6) is 0 Å². The summed E-state index contributed by atoms with van der Waals surface area (Å²) >= 11 is 0.954. The van der Waals surface area contributed by atoms with Crippen LogP contribution in [0.2, 0.25) is 0 Å². The number of alkyl halides is 3. The lowest BCUT2D eigenvalue weighted by atomic mass is 10.2. The molecular weight excluding hydrogens is 343 g/mol. The SMILES string of the molecule is O=C(CSc1ccc(C(F)(F)F)cn1)NNC(=O)c1ccccc1.